The highest BCUT2D eigenvalue weighted by atomic mass is 32.2. The number of nitrogens with one attached hydrogen (secondary N) is 3. The predicted octanol–water partition coefficient (Wildman–Crippen LogP) is 2.80. The van der Waals surface area contributed by atoms with Crippen LogP contribution < -0.4 is 15.4 Å². The van der Waals surface area contributed by atoms with Gasteiger partial charge in [0.2, 0.25) is 5.91 Å². The van der Waals surface area contributed by atoms with E-state index in [9.17, 15) is 26.8 Å². The summed E-state index contributed by atoms with van der Waals surface area (Å²) in [6.45, 7) is 5.34. The van der Waals surface area contributed by atoms with E-state index >= 15 is 0 Å². The average Bonchev–Trinajstić information content (AvgIpc) is 2.69. The molecule has 0 aliphatic rings. The largest absolute Gasteiger partial charge is 0.352 e. The number of hydrogen-bond acceptors (Lipinski definition) is 4. The highest BCUT2D eigenvalue weighted by Gasteiger charge is 2.19. The molecular weight excluding hydrogens is 416 g/mol. The first-order chi connectivity index (χ1) is 14.0. The van der Waals surface area contributed by atoms with Gasteiger partial charge in [-0.15, -0.1) is 0 Å². The first-order valence-corrected chi connectivity index (χ1v) is 10.7. The van der Waals surface area contributed by atoms with Crippen molar-refractivity contribution < 1.29 is 26.8 Å². The van der Waals surface area contributed by atoms with Gasteiger partial charge in [0.05, 0.1) is 4.90 Å². The fourth-order valence-electron chi connectivity index (χ4n) is 2.36. The number of anilines is 1. The van der Waals surface area contributed by atoms with Crippen LogP contribution in [0.25, 0.3) is 0 Å². The van der Waals surface area contributed by atoms with Gasteiger partial charge in [0.25, 0.3) is 15.9 Å². The standard InChI is InChI=1S/C20H23F2N3O4S/c1-4-12(2)23-19(26)13(3)24-20(27)14-5-7-15(8-6-14)25-30(28,29)16-9-10-17(21)18(22)11-16/h5-13,25H,4H2,1-3H3,(H,23,26)(H,24,27). The maximum Gasteiger partial charge on any atom is 0.261 e. The molecule has 0 aromatic heterocycles. The minimum absolute atomic E-state index is 0.0151. The van der Waals surface area contributed by atoms with Gasteiger partial charge in [0.15, 0.2) is 11.6 Å². The lowest BCUT2D eigenvalue weighted by Crippen LogP contribution is -2.47. The molecule has 10 heteroatoms. The number of halogens is 2. The first-order valence-electron chi connectivity index (χ1n) is 9.22. The van der Waals surface area contributed by atoms with E-state index in [1.165, 1.54) is 24.3 Å². The molecule has 0 saturated heterocycles. The summed E-state index contributed by atoms with van der Waals surface area (Å²) in [6.07, 6.45) is 0.758. The molecule has 162 valence electrons. The third kappa shape index (κ3) is 5.99. The molecule has 0 fully saturated rings. The minimum atomic E-state index is -4.14. The van der Waals surface area contributed by atoms with Crippen molar-refractivity contribution in [3.05, 3.63) is 59.7 Å². The Labute approximate surface area is 173 Å². The van der Waals surface area contributed by atoms with Gasteiger partial charge in [-0.1, -0.05) is 6.92 Å². The maximum atomic E-state index is 13.3. The van der Waals surface area contributed by atoms with Crippen LogP contribution in [-0.2, 0) is 14.8 Å². The number of amides is 2. The quantitative estimate of drug-likeness (QED) is 0.588. The van der Waals surface area contributed by atoms with Crippen LogP contribution in [0.15, 0.2) is 47.4 Å². The summed E-state index contributed by atoms with van der Waals surface area (Å²) >= 11 is 0. The van der Waals surface area contributed by atoms with Crippen LogP contribution in [0.3, 0.4) is 0 Å². The zero-order chi connectivity index (χ0) is 22.5. The number of sulfonamides is 1. The van der Waals surface area contributed by atoms with E-state index < -0.39 is 38.5 Å². The predicted molar refractivity (Wildman–Crippen MR) is 108 cm³/mol. The van der Waals surface area contributed by atoms with E-state index in [1.807, 2.05) is 13.8 Å². The molecule has 0 bridgehead atoms. The van der Waals surface area contributed by atoms with Crippen LogP contribution in [0.4, 0.5) is 14.5 Å². The zero-order valence-electron chi connectivity index (χ0n) is 16.7. The van der Waals surface area contributed by atoms with Gasteiger partial charge in [0.1, 0.15) is 6.04 Å². The van der Waals surface area contributed by atoms with Crippen molar-refractivity contribution in [2.75, 3.05) is 4.72 Å². The van der Waals surface area contributed by atoms with Crippen molar-refractivity contribution in [2.24, 2.45) is 0 Å². The van der Waals surface area contributed by atoms with Crippen molar-refractivity contribution in [1.29, 1.82) is 0 Å². The lowest BCUT2D eigenvalue weighted by atomic mass is 10.1. The summed E-state index contributed by atoms with van der Waals surface area (Å²) in [5, 5.41) is 5.33. The molecule has 0 saturated carbocycles. The molecule has 2 aromatic carbocycles. The Morgan fingerprint density at radius 3 is 2.17 bits per heavy atom. The summed E-state index contributed by atoms with van der Waals surface area (Å²) in [7, 11) is -4.14. The first kappa shape index (κ1) is 23.3. The summed E-state index contributed by atoms with van der Waals surface area (Å²) in [5.74, 6) is -3.25. The third-order valence-corrected chi connectivity index (χ3v) is 5.72. The van der Waals surface area contributed by atoms with Crippen molar-refractivity contribution in [3.63, 3.8) is 0 Å². The Hall–Kier alpha value is -3.01. The Morgan fingerprint density at radius 1 is 0.967 bits per heavy atom. The molecule has 30 heavy (non-hydrogen) atoms. The fourth-order valence-corrected chi connectivity index (χ4v) is 3.43. The second kappa shape index (κ2) is 9.66. The number of benzene rings is 2. The van der Waals surface area contributed by atoms with Crippen molar-refractivity contribution in [3.8, 4) is 0 Å². The van der Waals surface area contributed by atoms with Crippen molar-refractivity contribution in [1.82, 2.24) is 10.6 Å². The van der Waals surface area contributed by atoms with Crippen molar-refractivity contribution >= 4 is 27.5 Å². The molecule has 0 heterocycles. The number of hydrogen-bond donors (Lipinski definition) is 3. The number of carbonyl (C=O) groups is 2. The van der Waals surface area contributed by atoms with E-state index in [-0.39, 0.29) is 23.2 Å². The number of carbonyl (C=O) groups excluding carboxylic acids is 2. The maximum absolute atomic E-state index is 13.3. The Balaban J connectivity index is 2.04. The van der Waals surface area contributed by atoms with E-state index in [1.54, 1.807) is 6.92 Å². The van der Waals surface area contributed by atoms with E-state index in [2.05, 4.69) is 15.4 Å². The normalized spacial score (nSPS) is 13.2. The van der Waals surface area contributed by atoms with Gasteiger partial charge in [0, 0.05) is 17.3 Å². The van der Waals surface area contributed by atoms with Gasteiger partial charge in [-0.3, -0.25) is 14.3 Å². The molecule has 2 unspecified atom stereocenters. The van der Waals surface area contributed by atoms with E-state index in [0.717, 1.165) is 18.6 Å². The Morgan fingerprint density at radius 2 is 1.60 bits per heavy atom. The highest BCUT2D eigenvalue weighted by Crippen LogP contribution is 2.19. The molecule has 0 spiro atoms. The monoisotopic (exact) mass is 439 g/mol. The van der Waals surface area contributed by atoms with Gasteiger partial charge in [-0.2, -0.15) is 0 Å². The summed E-state index contributed by atoms with van der Waals surface area (Å²) in [5.41, 5.74) is 0.341. The molecule has 2 atom stereocenters. The second-order valence-corrected chi connectivity index (χ2v) is 8.45. The van der Waals surface area contributed by atoms with Crippen LogP contribution in [0.1, 0.15) is 37.6 Å². The fraction of sp³-hybridized carbons (Fsp3) is 0.300. The van der Waals surface area contributed by atoms with E-state index in [0.29, 0.717) is 6.07 Å². The van der Waals surface area contributed by atoms with Crippen LogP contribution in [-0.4, -0.2) is 32.3 Å². The molecular formula is C20H23F2N3O4S. The Bertz CT molecular complexity index is 1030. The van der Waals surface area contributed by atoms with Crippen molar-refractivity contribution in [2.45, 2.75) is 44.2 Å². The zero-order valence-corrected chi connectivity index (χ0v) is 17.5. The van der Waals surface area contributed by atoms with Crippen LogP contribution in [0.2, 0.25) is 0 Å². The smallest absolute Gasteiger partial charge is 0.261 e. The summed E-state index contributed by atoms with van der Waals surface area (Å²) in [6, 6.07) is 6.90. The van der Waals surface area contributed by atoms with Crippen LogP contribution in [0.5, 0.6) is 0 Å². The number of rotatable bonds is 8. The molecule has 0 aliphatic carbocycles. The SMILES string of the molecule is CCC(C)NC(=O)C(C)NC(=O)c1ccc(NS(=O)(=O)c2ccc(F)c(F)c2)cc1. The molecule has 2 aromatic rings. The lowest BCUT2D eigenvalue weighted by Gasteiger charge is -2.17. The average molecular weight is 439 g/mol. The van der Waals surface area contributed by atoms with Gasteiger partial charge >= 0.3 is 0 Å². The van der Waals surface area contributed by atoms with E-state index in [4.69, 9.17) is 0 Å². The molecule has 2 amide bonds. The highest BCUT2D eigenvalue weighted by molar-refractivity contribution is 7.92. The molecule has 2 rings (SSSR count). The summed E-state index contributed by atoms with van der Waals surface area (Å²) < 4.78 is 53.1. The summed E-state index contributed by atoms with van der Waals surface area (Å²) in [4.78, 5) is 23.9. The third-order valence-electron chi connectivity index (χ3n) is 4.34. The van der Waals surface area contributed by atoms with Gasteiger partial charge in [-0.25, -0.2) is 17.2 Å². The minimum Gasteiger partial charge on any atom is -0.352 e. The van der Waals surface area contributed by atoms with Crippen LogP contribution >= 0.6 is 0 Å². The molecule has 7 nitrogen and oxygen atoms in total. The lowest BCUT2D eigenvalue weighted by molar-refractivity contribution is -0.123. The Kier molecular flexibility index (Phi) is 7.49. The molecule has 3 N–H and O–H groups in total. The van der Waals surface area contributed by atoms with Gasteiger partial charge < -0.3 is 10.6 Å². The topological polar surface area (TPSA) is 104 Å². The molecule has 0 radical (unpaired) electrons. The molecule has 0 aliphatic heterocycles. The van der Waals surface area contributed by atoms with Crippen LogP contribution in [0, 0.1) is 11.6 Å². The second-order valence-electron chi connectivity index (χ2n) is 6.77. The van der Waals surface area contributed by atoms with Gasteiger partial charge in [-0.05, 0) is 62.7 Å².